The third-order valence-corrected chi connectivity index (χ3v) is 8.12. The van der Waals surface area contributed by atoms with Crippen molar-refractivity contribution in [1.29, 1.82) is 0 Å². The topological polar surface area (TPSA) is 121 Å². The van der Waals surface area contributed by atoms with Crippen LogP contribution in [0.2, 0.25) is 0 Å². The van der Waals surface area contributed by atoms with E-state index >= 15 is 0 Å². The van der Waals surface area contributed by atoms with E-state index in [1.165, 1.54) is 167 Å². The lowest BCUT2D eigenvalue weighted by Crippen LogP contribution is -2.02. The van der Waals surface area contributed by atoms with Gasteiger partial charge in [0.05, 0.1) is 6.61 Å². The molecule has 0 aromatic carbocycles. The molecule has 0 saturated carbocycles. The molecule has 44 heavy (non-hydrogen) atoms. The Morgan fingerprint density at radius 2 is 0.545 bits per heavy atom. The summed E-state index contributed by atoms with van der Waals surface area (Å²) in [6.07, 6.45) is 40.4. The van der Waals surface area contributed by atoms with Crippen molar-refractivity contribution in [3.8, 4) is 0 Å². The van der Waals surface area contributed by atoms with Gasteiger partial charge in [0.2, 0.25) is 0 Å². The average Bonchev–Trinajstić information content (AvgIpc) is 3.01. The van der Waals surface area contributed by atoms with Crippen LogP contribution in [-0.4, -0.2) is 40.4 Å². The molecular formula is C38H79NO5. The molecule has 0 aromatic rings. The summed E-state index contributed by atoms with van der Waals surface area (Å²) >= 11 is 0. The van der Waals surface area contributed by atoms with Gasteiger partial charge in [-0.25, -0.2) is 0 Å². The first-order valence-corrected chi connectivity index (χ1v) is 19.2. The van der Waals surface area contributed by atoms with E-state index in [4.69, 9.17) is 21.1 Å². The van der Waals surface area contributed by atoms with E-state index < -0.39 is 11.9 Å². The molecule has 0 spiro atoms. The third kappa shape index (κ3) is 56.6. The molecule has 6 nitrogen and oxygen atoms in total. The summed E-state index contributed by atoms with van der Waals surface area (Å²) in [5.74, 6) is -1.31. The number of hydrogen-bond donors (Lipinski definition) is 4. The van der Waals surface area contributed by atoms with Crippen LogP contribution in [0, 0.1) is 0 Å². The highest BCUT2D eigenvalue weighted by molar-refractivity contribution is 5.66. The summed E-state index contributed by atoms with van der Waals surface area (Å²) < 4.78 is 0. The molecule has 0 radical (unpaired) electrons. The zero-order chi connectivity index (χ0) is 33.2. The Kier molecular flexibility index (Phi) is 49.7. The van der Waals surface area contributed by atoms with Gasteiger partial charge in [0.15, 0.2) is 0 Å². The Morgan fingerprint density at radius 1 is 0.386 bits per heavy atom. The van der Waals surface area contributed by atoms with Gasteiger partial charge < -0.3 is 21.1 Å². The quantitative estimate of drug-likeness (QED) is 0.0536. The number of aliphatic hydroxyl groups is 1. The predicted molar refractivity (Wildman–Crippen MR) is 191 cm³/mol. The average molecular weight is 630 g/mol. The van der Waals surface area contributed by atoms with Crippen LogP contribution in [0.25, 0.3) is 0 Å². The van der Waals surface area contributed by atoms with E-state index in [0.29, 0.717) is 19.4 Å². The Morgan fingerprint density at radius 3 is 0.682 bits per heavy atom. The molecule has 0 saturated heterocycles. The van der Waals surface area contributed by atoms with Crippen molar-refractivity contribution < 1.29 is 24.9 Å². The fourth-order valence-electron chi connectivity index (χ4n) is 5.30. The first-order chi connectivity index (χ1) is 21.5. The van der Waals surface area contributed by atoms with Crippen molar-refractivity contribution in [2.45, 2.75) is 219 Å². The van der Waals surface area contributed by atoms with E-state index in [1.54, 1.807) is 0 Å². The van der Waals surface area contributed by atoms with E-state index in [-0.39, 0.29) is 6.61 Å². The molecule has 0 unspecified atom stereocenters. The van der Waals surface area contributed by atoms with Gasteiger partial charge in [-0.1, -0.05) is 194 Å². The zero-order valence-corrected chi connectivity index (χ0v) is 29.8. The molecule has 5 N–H and O–H groups in total. The molecule has 0 heterocycles. The van der Waals surface area contributed by atoms with Crippen molar-refractivity contribution in [2.75, 3.05) is 13.2 Å². The van der Waals surface area contributed by atoms with Crippen molar-refractivity contribution >= 4 is 11.9 Å². The molecule has 0 aliphatic carbocycles. The van der Waals surface area contributed by atoms with E-state index in [1.807, 2.05) is 0 Å². The first-order valence-electron chi connectivity index (χ1n) is 19.2. The molecule has 0 aliphatic heterocycles. The molecule has 266 valence electrons. The van der Waals surface area contributed by atoms with Crippen LogP contribution in [0.4, 0.5) is 0 Å². The van der Waals surface area contributed by atoms with Gasteiger partial charge in [0.1, 0.15) is 0 Å². The standard InChI is InChI=1S/2C18H36O2.C2H7NO/c2*1-2-3-4-5-6-7-8-9-10-11-12-13-14-15-16-17-18(19)20;3-1-2-4/h2*2-17H2,1H3,(H,19,20);4H,1-3H2. The van der Waals surface area contributed by atoms with Gasteiger partial charge in [0, 0.05) is 19.4 Å². The summed E-state index contributed by atoms with van der Waals surface area (Å²) in [4.78, 5) is 20.7. The number of unbranched alkanes of at least 4 members (excludes halogenated alkanes) is 28. The maximum Gasteiger partial charge on any atom is 0.303 e. The maximum atomic E-state index is 10.3. The van der Waals surface area contributed by atoms with Crippen molar-refractivity contribution in [3.63, 3.8) is 0 Å². The third-order valence-electron chi connectivity index (χ3n) is 8.12. The Hall–Kier alpha value is -1.14. The van der Waals surface area contributed by atoms with Gasteiger partial charge in [-0.15, -0.1) is 0 Å². The molecule has 0 aliphatic rings. The second kappa shape index (κ2) is 46.3. The molecule has 0 fully saturated rings. The van der Waals surface area contributed by atoms with E-state index in [0.717, 1.165) is 25.7 Å². The highest BCUT2D eigenvalue weighted by atomic mass is 16.4. The SMILES string of the molecule is CCCCCCCCCCCCCCCCCC(=O)O.CCCCCCCCCCCCCCCCCC(=O)O.NCCO. The van der Waals surface area contributed by atoms with E-state index in [2.05, 4.69) is 13.8 Å². The van der Waals surface area contributed by atoms with Crippen LogP contribution in [-0.2, 0) is 9.59 Å². The summed E-state index contributed by atoms with van der Waals surface area (Å²) in [5.41, 5.74) is 4.78. The van der Waals surface area contributed by atoms with Crippen LogP contribution in [0.1, 0.15) is 219 Å². The van der Waals surface area contributed by atoms with Gasteiger partial charge >= 0.3 is 11.9 Å². The van der Waals surface area contributed by atoms with Crippen molar-refractivity contribution in [1.82, 2.24) is 0 Å². The smallest absolute Gasteiger partial charge is 0.303 e. The van der Waals surface area contributed by atoms with Gasteiger partial charge in [-0.05, 0) is 12.8 Å². The summed E-state index contributed by atoms with van der Waals surface area (Å²) in [7, 11) is 0. The van der Waals surface area contributed by atoms with Gasteiger partial charge in [0.25, 0.3) is 0 Å². The van der Waals surface area contributed by atoms with Crippen LogP contribution in [0.3, 0.4) is 0 Å². The number of carboxylic acid groups (broad SMARTS) is 2. The maximum absolute atomic E-state index is 10.3. The summed E-state index contributed by atoms with van der Waals surface area (Å²) in [6.45, 7) is 5.01. The lowest BCUT2D eigenvalue weighted by atomic mass is 10.0. The fraction of sp³-hybridized carbons (Fsp3) is 0.947. The number of carbonyl (C=O) groups is 2. The van der Waals surface area contributed by atoms with Gasteiger partial charge in [-0.3, -0.25) is 9.59 Å². The normalized spacial score (nSPS) is 10.5. The molecule has 6 heteroatoms. The fourth-order valence-corrected chi connectivity index (χ4v) is 5.30. The molecule has 0 aromatic heterocycles. The number of aliphatic carboxylic acids is 2. The zero-order valence-electron chi connectivity index (χ0n) is 29.8. The molecule has 0 bridgehead atoms. The summed E-state index contributed by atoms with van der Waals surface area (Å²) in [5, 5.41) is 24.8. The summed E-state index contributed by atoms with van der Waals surface area (Å²) in [6, 6.07) is 0. The number of rotatable bonds is 33. The van der Waals surface area contributed by atoms with Crippen molar-refractivity contribution in [2.24, 2.45) is 5.73 Å². The van der Waals surface area contributed by atoms with Crippen molar-refractivity contribution in [3.05, 3.63) is 0 Å². The van der Waals surface area contributed by atoms with E-state index in [9.17, 15) is 9.59 Å². The Balaban J connectivity index is -0.000000680. The first kappa shape index (κ1) is 47.3. The van der Waals surface area contributed by atoms with Gasteiger partial charge in [-0.2, -0.15) is 0 Å². The monoisotopic (exact) mass is 630 g/mol. The molecule has 0 rings (SSSR count). The van der Waals surface area contributed by atoms with Crippen LogP contribution >= 0.6 is 0 Å². The highest BCUT2D eigenvalue weighted by Gasteiger charge is 1.98. The second-order valence-electron chi connectivity index (χ2n) is 12.7. The highest BCUT2D eigenvalue weighted by Crippen LogP contribution is 2.15. The minimum absolute atomic E-state index is 0.0972. The number of hydrogen-bond acceptors (Lipinski definition) is 4. The largest absolute Gasteiger partial charge is 0.481 e. The molecular weight excluding hydrogens is 550 g/mol. The lowest BCUT2D eigenvalue weighted by Gasteiger charge is -2.03. The lowest BCUT2D eigenvalue weighted by molar-refractivity contribution is -0.138. The minimum atomic E-state index is -0.653. The molecule has 0 atom stereocenters. The van der Waals surface area contributed by atoms with Crippen LogP contribution < -0.4 is 5.73 Å². The Bertz CT molecular complexity index is 483. The number of nitrogens with two attached hydrogens (primary N) is 1. The van der Waals surface area contributed by atoms with Crippen LogP contribution in [0.15, 0.2) is 0 Å². The Labute approximate surface area is 274 Å². The predicted octanol–water partition coefficient (Wildman–Crippen LogP) is 11.6. The minimum Gasteiger partial charge on any atom is -0.481 e. The number of carboxylic acids is 2. The second-order valence-corrected chi connectivity index (χ2v) is 12.7. The van der Waals surface area contributed by atoms with Crippen LogP contribution in [0.5, 0.6) is 0 Å². The number of aliphatic hydroxyl groups excluding tert-OH is 1. The molecule has 0 amide bonds.